The summed E-state index contributed by atoms with van der Waals surface area (Å²) in [5.41, 5.74) is -1.02. The predicted octanol–water partition coefficient (Wildman–Crippen LogP) is -1.13. The monoisotopic (exact) mass is 479 g/mol. The molecule has 4 rings (SSSR count). The van der Waals surface area contributed by atoms with Crippen molar-refractivity contribution in [2.75, 3.05) is 14.1 Å². The van der Waals surface area contributed by atoms with Crippen LogP contribution in [-0.4, -0.2) is 68.7 Å². The summed E-state index contributed by atoms with van der Waals surface area (Å²) in [5, 5.41) is 55.2. The first kappa shape index (κ1) is 23.2. The molecule has 1 aromatic rings. The molecule has 5 atom stereocenters. The van der Waals surface area contributed by atoms with Gasteiger partial charge in [-0.2, -0.15) is 0 Å². The SMILES string of the molecule is C[NH+](C)[C@@H]1C(=O)C(C(N)=O)=C(O)[C@@]2(O)C(=O)C3=C(O)c4c(O)ccc(Cl)c4[C@@](C)(O)C3C[C@@H]12. The summed E-state index contributed by atoms with van der Waals surface area (Å²) in [7, 11) is 3.14. The van der Waals surface area contributed by atoms with Gasteiger partial charge in [0.05, 0.1) is 31.2 Å². The zero-order valence-electron chi connectivity index (χ0n) is 18.0. The summed E-state index contributed by atoms with van der Waals surface area (Å²) in [5.74, 6) is -8.16. The highest BCUT2D eigenvalue weighted by molar-refractivity contribution is 6.32. The van der Waals surface area contributed by atoms with E-state index in [1.807, 2.05) is 0 Å². The number of ketones is 2. The van der Waals surface area contributed by atoms with Crippen LogP contribution in [0, 0.1) is 11.8 Å². The topological polar surface area (TPSA) is 183 Å². The van der Waals surface area contributed by atoms with E-state index >= 15 is 0 Å². The van der Waals surface area contributed by atoms with Crippen LogP contribution < -0.4 is 10.6 Å². The van der Waals surface area contributed by atoms with E-state index in [-0.39, 0.29) is 22.6 Å². The number of carbonyl (C=O) groups excluding carboxylic acids is 3. The largest absolute Gasteiger partial charge is 0.508 e. The number of fused-ring (bicyclic) bond motifs is 3. The van der Waals surface area contributed by atoms with Gasteiger partial charge in [0, 0.05) is 22.1 Å². The standard InChI is InChI=1S/C22H23ClN2O8/c1-21(32)7-6-8-15(25(2)3)17(28)13(20(24)31)19(30)22(8,33)18(29)11(7)16(27)12-10(26)5-4-9(23)14(12)21/h4-5,7-8,15,26-27,30,32-33H,6H2,1-3H3,(H2,24,31)/p+1/t7?,8-,15-,21-,22-/m0/s1. The number of hydrogen-bond donors (Lipinski definition) is 7. The molecule has 0 aromatic heterocycles. The number of aliphatic hydroxyl groups excluding tert-OH is 2. The van der Waals surface area contributed by atoms with Crippen molar-refractivity contribution in [2.24, 2.45) is 17.6 Å². The van der Waals surface area contributed by atoms with E-state index in [4.69, 9.17) is 17.3 Å². The average molecular weight is 480 g/mol. The van der Waals surface area contributed by atoms with Crippen LogP contribution >= 0.6 is 11.6 Å². The molecular formula is C22H24ClN2O8+. The molecule has 1 fully saturated rings. The van der Waals surface area contributed by atoms with Gasteiger partial charge in [-0.1, -0.05) is 11.6 Å². The zero-order valence-corrected chi connectivity index (χ0v) is 18.8. The van der Waals surface area contributed by atoms with Crippen molar-refractivity contribution in [2.45, 2.75) is 30.6 Å². The van der Waals surface area contributed by atoms with Crippen molar-refractivity contribution >= 4 is 34.8 Å². The van der Waals surface area contributed by atoms with Crippen LogP contribution in [0.4, 0.5) is 0 Å². The number of primary amides is 1. The third kappa shape index (κ3) is 2.75. The minimum atomic E-state index is -2.76. The molecule has 1 aromatic carbocycles. The number of nitrogens with one attached hydrogen (secondary N) is 1. The fourth-order valence-corrected chi connectivity index (χ4v) is 6.02. The Labute approximate surface area is 193 Å². The van der Waals surface area contributed by atoms with Gasteiger partial charge in [-0.25, -0.2) is 0 Å². The van der Waals surface area contributed by atoms with Crippen LogP contribution in [0.3, 0.4) is 0 Å². The van der Waals surface area contributed by atoms with Crippen molar-refractivity contribution in [3.05, 3.63) is 45.2 Å². The normalized spacial score (nSPS) is 33.7. The van der Waals surface area contributed by atoms with E-state index in [9.17, 15) is 39.9 Å². The number of nitrogens with two attached hydrogens (primary N) is 1. The van der Waals surface area contributed by atoms with Gasteiger partial charge in [0.2, 0.25) is 11.6 Å². The molecule has 0 radical (unpaired) electrons. The maximum Gasteiger partial charge on any atom is 0.256 e. The highest BCUT2D eigenvalue weighted by atomic mass is 35.5. The van der Waals surface area contributed by atoms with Crippen molar-refractivity contribution in [3.8, 4) is 5.75 Å². The Bertz CT molecular complexity index is 1200. The van der Waals surface area contributed by atoms with Gasteiger partial charge >= 0.3 is 0 Å². The lowest BCUT2D eigenvalue weighted by Crippen LogP contribution is -3.13. The first-order valence-corrected chi connectivity index (χ1v) is 10.6. The summed E-state index contributed by atoms with van der Waals surface area (Å²) in [6.07, 6.45) is -0.238. The van der Waals surface area contributed by atoms with Crippen LogP contribution in [0.5, 0.6) is 5.75 Å². The molecule has 0 heterocycles. The molecule has 0 aliphatic heterocycles. The van der Waals surface area contributed by atoms with Crippen LogP contribution in [0.15, 0.2) is 29.0 Å². The van der Waals surface area contributed by atoms with Crippen molar-refractivity contribution in [1.82, 2.24) is 0 Å². The van der Waals surface area contributed by atoms with E-state index in [0.717, 1.165) is 0 Å². The molecule has 8 N–H and O–H groups in total. The Morgan fingerprint density at radius 3 is 2.33 bits per heavy atom. The molecule has 0 spiro atoms. The van der Waals surface area contributed by atoms with Gasteiger partial charge in [0.15, 0.2) is 11.6 Å². The van der Waals surface area contributed by atoms with Gasteiger partial charge in [-0.15, -0.1) is 0 Å². The minimum absolute atomic E-state index is 0.0119. The summed E-state index contributed by atoms with van der Waals surface area (Å²) in [4.78, 5) is 39.2. The number of aliphatic hydroxyl groups is 4. The molecule has 0 bridgehead atoms. The number of phenolic OH excluding ortho intramolecular Hbond substituents is 1. The van der Waals surface area contributed by atoms with Gasteiger partial charge in [-0.3, -0.25) is 14.4 Å². The van der Waals surface area contributed by atoms with Gasteiger partial charge in [0.25, 0.3) is 5.91 Å². The van der Waals surface area contributed by atoms with Crippen LogP contribution in [0.25, 0.3) is 5.76 Å². The molecule has 176 valence electrons. The number of carbonyl (C=O) groups is 3. The number of quaternary nitrogens is 1. The Balaban J connectivity index is 2.07. The molecule has 3 aliphatic carbocycles. The molecule has 1 unspecified atom stereocenters. The third-order valence-corrected chi connectivity index (χ3v) is 7.49. The maximum absolute atomic E-state index is 13.7. The Morgan fingerprint density at radius 2 is 1.79 bits per heavy atom. The summed E-state index contributed by atoms with van der Waals surface area (Å²) >= 11 is 6.28. The van der Waals surface area contributed by atoms with E-state index in [2.05, 4.69) is 0 Å². The van der Waals surface area contributed by atoms with Crippen molar-refractivity contribution in [3.63, 3.8) is 0 Å². The Morgan fingerprint density at radius 1 is 1.18 bits per heavy atom. The van der Waals surface area contributed by atoms with Gasteiger partial charge in [-0.05, 0) is 25.5 Å². The predicted molar refractivity (Wildman–Crippen MR) is 114 cm³/mol. The molecule has 0 saturated heterocycles. The van der Waals surface area contributed by atoms with E-state index in [1.165, 1.54) is 19.1 Å². The molecule has 1 saturated carbocycles. The molecule has 10 nitrogen and oxygen atoms in total. The summed E-state index contributed by atoms with van der Waals surface area (Å²) < 4.78 is 0. The Kier molecular flexibility index (Phi) is 4.96. The van der Waals surface area contributed by atoms with Crippen LogP contribution in [-0.2, 0) is 20.0 Å². The number of Topliss-reactive ketones (excluding diaryl/α,β-unsaturated/α-hetero) is 2. The van der Waals surface area contributed by atoms with Crippen LogP contribution in [0.1, 0.15) is 24.5 Å². The number of likely N-dealkylation sites (N-methyl/N-ethyl adjacent to an activating group) is 1. The fourth-order valence-electron chi connectivity index (χ4n) is 5.68. The molecular weight excluding hydrogens is 456 g/mol. The van der Waals surface area contributed by atoms with Gasteiger partial charge in [0.1, 0.15) is 22.8 Å². The van der Waals surface area contributed by atoms with Crippen molar-refractivity contribution < 1.29 is 44.8 Å². The number of benzene rings is 1. The number of halogens is 1. The number of phenols is 1. The van der Waals surface area contributed by atoms with E-state index in [0.29, 0.717) is 4.90 Å². The van der Waals surface area contributed by atoms with Crippen molar-refractivity contribution in [1.29, 1.82) is 0 Å². The Hall–Kier alpha value is -2.92. The lowest BCUT2D eigenvalue weighted by molar-refractivity contribution is -0.880. The zero-order chi connectivity index (χ0) is 24.8. The van der Waals surface area contributed by atoms with E-state index in [1.54, 1.807) is 14.1 Å². The average Bonchev–Trinajstić information content (AvgIpc) is 2.69. The number of hydrogen-bond acceptors (Lipinski definition) is 8. The quantitative estimate of drug-likeness (QED) is 0.260. The number of rotatable bonds is 2. The highest BCUT2D eigenvalue weighted by Crippen LogP contribution is 2.57. The lowest BCUT2D eigenvalue weighted by Gasteiger charge is -2.52. The second kappa shape index (κ2) is 7.04. The maximum atomic E-state index is 13.7. The number of aromatic hydroxyl groups is 1. The minimum Gasteiger partial charge on any atom is -0.508 e. The molecule has 33 heavy (non-hydrogen) atoms. The smallest absolute Gasteiger partial charge is 0.256 e. The summed E-state index contributed by atoms with van der Waals surface area (Å²) in [6, 6.07) is 1.33. The van der Waals surface area contributed by atoms with Crippen LogP contribution in [0.2, 0.25) is 5.02 Å². The fraction of sp³-hybridized carbons (Fsp3) is 0.409. The molecule has 11 heteroatoms. The second-order valence-corrected chi connectivity index (χ2v) is 9.63. The highest BCUT2D eigenvalue weighted by Gasteiger charge is 2.68. The first-order valence-electron chi connectivity index (χ1n) is 10.2. The third-order valence-electron chi connectivity index (χ3n) is 7.17. The first-order chi connectivity index (χ1) is 15.2. The lowest BCUT2D eigenvalue weighted by atomic mass is 9.54. The summed E-state index contributed by atoms with van der Waals surface area (Å²) in [6.45, 7) is 1.35. The van der Waals surface area contributed by atoms with E-state index < -0.39 is 75.0 Å². The molecule has 1 amide bonds. The van der Waals surface area contributed by atoms with Gasteiger partial charge < -0.3 is 36.2 Å². The second-order valence-electron chi connectivity index (χ2n) is 9.22. The molecule has 3 aliphatic rings. The number of amides is 1.